The molecule has 2 rings (SSSR count). The molecular formula is C10H8N2O2. The van der Waals surface area contributed by atoms with Gasteiger partial charge in [-0.05, 0) is 12.1 Å². The lowest BCUT2D eigenvalue weighted by Crippen LogP contribution is -2.03. The minimum absolute atomic E-state index is 0.299. The Kier molecular flexibility index (Phi) is 2.10. The van der Waals surface area contributed by atoms with E-state index in [2.05, 4.69) is 14.7 Å². The first-order valence-corrected chi connectivity index (χ1v) is 4.10. The number of aromatic nitrogens is 2. The van der Waals surface area contributed by atoms with Crippen molar-refractivity contribution in [1.82, 2.24) is 9.97 Å². The number of pyridine rings is 2. The number of hydrogen-bond donors (Lipinski definition) is 0. The molecule has 14 heavy (non-hydrogen) atoms. The molecule has 0 aliphatic rings. The summed E-state index contributed by atoms with van der Waals surface area (Å²) in [5.41, 5.74) is 0.989. The maximum absolute atomic E-state index is 11.2. The van der Waals surface area contributed by atoms with Crippen LogP contribution in [0.5, 0.6) is 0 Å². The van der Waals surface area contributed by atoms with Gasteiger partial charge in [0, 0.05) is 11.6 Å². The number of fused-ring (bicyclic) bond motifs is 1. The zero-order valence-electron chi connectivity index (χ0n) is 7.60. The summed E-state index contributed by atoms with van der Waals surface area (Å²) in [6.07, 6.45) is 3.30. The molecule has 0 saturated carbocycles. The van der Waals surface area contributed by atoms with Crippen molar-refractivity contribution >= 4 is 16.9 Å². The summed E-state index contributed by atoms with van der Waals surface area (Å²) in [6, 6.07) is 5.29. The number of methoxy groups -OCH3 is 1. The highest BCUT2D eigenvalue weighted by Crippen LogP contribution is 2.10. The molecule has 0 N–H and O–H groups in total. The van der Waals surface area contributed by atoms with Crippen molar-refractivity contribution in [3.63, 3.8) is 0 Å². The minimum atomic E-state index is -0.434. The molecule has 0 radical (unpaired) electrons. The lowest BCUT2D eigenvalue weighted by molar-refractivity contribution is 0.0594. The Balaban J connectivity index is 2.56. The van der Waals surface area contributed by atoms with E-state index in [4.69, 9.17) is 0 Å². The van der Waals surface area contributed by atoms with E-state index in [0.29, 0.717) is 11.2 Å². The van der Waals surface area contributed by atoms with Gasteiger partial charge in [0.2, 0.25) is 0 Å². The fraction of sp³-hybridized carbons (Fsp3) is 0.100. The van der Waals surface area contributed by atoms with Crippen molar-refractivity contribution in [3.05, 3.63) is 36.3 Å². The first-order chi connectivity index (χ1) is 6.81. The summed E-state index contributed by atoms with van der Waals surface area (Å²) in [6.45, 7) is 0. The fourth-order valence-electron chi connectivity index (χ4n) is 1.19. The van der Waals surface area contributed by atoms with Crippen molar-refractivity contribution in [2.24, 2.45) is 0 Å². The average molecular weight is 188 g/mol. The third-order valence-electron chi connectivity index (χ3n) is 1.89. The summed E-state index contributed by atoms with van der Waals surface area (Å²) in [5, 5.41) is 0.952. The zero-order valence-corrected chi connectivity index (χ0v) is 7.60. The second kappa shape index (κ2) is 3.41. The highest BCUT2D eigenvalue weighted by Gasteiger charge is 2.06. The fourth-order valence-corrected chi connectivity index (χ4v) is 1.19. The van der Waals surface area contributed by atoms with Crippen LogP contribution in [0.4, 0.5) is 0 Å². The molecular weight excluding hydrogens is 180 g/mol. The second-order valence-electron chi connectivity index (χ2n) is 2.76. The Bertz CT molecular complexity index is 482. The third-order valence-corrected chi connectivity index (χ3v) is 1.89. The van der Waals surface area contributed by atoms with Gasteiger partial charge >= 0.3 is 5.97 Å². The highest BCUT2D eigenvalue weighted by atomic mass is 16.5. The van der Waals surface area contributed by atoms with Gasteiger partial charge in [0.15, 0.2) is 0 Å². The Morgan fingerprint density at radius 2 is 2.21 bits per heavy atom. The molecule has 0 aliphatic heterocycles. The normalized spacial score (nSPS) is 10.1. The van der Waals surface area contributed by atoms with Crippen LogP contribution in [0.15, 0.2) is 30.6 Å². The Labute approximate surface area is 80.6 Å². The molecule has 4 heteroatoms. The van der Waals surface area contributed by atoms with Crippen molar-refractivity contribution in [2.75, 3.05) is 7.11 Å². The van der Waals surface area contributed by atoms with E-state index < -0.39 is 5.97 Å². The summed E-state index contributed by atoms with van der Waals surface area (Å²) in [7, 11) is 1.33. The topological polar surface area (TPSA) is 52.1 Å². The number of nitrogens with zero attached hydrogens (tertiary/aromatic N) is 2. The summed E-state index contributed by atoms with van der Waals surface area (Å²) < 4.78 is 4.56. The van der Waals surface area contributed by atoms with Crippen LogP contribution in [-0.2, 0) is 4.74 Å². The molecule has 0 amide bonds. The van der Waals surface area contributed by atoms with Crippen molar-refractivity contribution in [2.45, 2.75) is 0 Å². The van der Waals surface area contributed by atoms with E-state index in [0.717, 1.165) is 5.39 Å². The number of hydrogen-bond acceptors (Lipinski definition) is 4. The lowest BCUT2D eigenvalue weighted by atomic mass is 10.2. The lowest BCUT2D eigenvalue weighted by Gasteiger charge is -1.99. The van der Waals surface area contributed by atoms with Crippen LogP contribution in [0, 0.1) is 0 Å². The summed E-state index contributed by atoms with van der Waals surface area (Å²) >= 11 is 0. The SMILES string of the molecule is COC(=O)c1ccc2ccncc2n1. The van der Waals surface area contributed by atoms with E-state index in [1.807, 2.05) is 12.1 Å². The third kappa shape index (κ3) is 1.42. The van der Waals surface area contributed by atoms with Crippen LogP contribution >= 0.6 is 0 Å². The first kappa shape index (κ1) is 8.62. The molecule has 0 unspecified atom stereocenters. The van der Waals surface area contributed by atoms with E-state index in [1.165, 1.54) is 7.11 Å². The van der Waals surface area contributed by atoms with E-state index in [1.54, 1.807) is 18.5 Å². The van der Waals surface area contributed by atoms with Gasteiger partial charge in [-0.15, -0.1) is 0 Å². The van der Waals surface area contributed by atoms with E-state index in [-0.39, 0.29) is 0 Å². The quantitative estimate of drug-likeness (QED) is 0.635. The van der Waals surface area contributed by atoms with Gasteiger partial charge in [0.25, 0.3) is 0 Å². The van der Waals surface area contributed by atoms with Gasteiger partial charge < -0.3 is 4.74 Å². The molecule has 0 fully saturated rings. The molecule has 2 heterocycles. The monoisotopic (exact) mass is 188 g/mol. The maximum Gasteiger partial charge on any atom is 0.356 e. The largest absolute Gasteiger partial charge is 0.464 e. The van der Waals surface area contributed by atoms with Crippen LogP contribution < -0.4 is 0 Å². The Morgan fingerprint density at radius 3 is 3.00 bits per heavy atom. The molecule has 0 saturated heterocycles. The van der Waals surface area contributed by atoms with Crippen molar-refractivity contribution in [3.8, 4) is 0 Å². The van der Waals surface area contributed by atoms with Crippen molar-refractivity contribution < 1.29 is 9.53 Å². The van der Waals surface area contributed by atoms with Gasteiger partial charge in [-0.25, -0.2) is 9.78 Å². The smallest absolute Gasteiger partial charge is 0.356 e. The number of esters is 1. The Morgan fingerprint density at radius 1 is 1.36 bits per heavy atom. The molecule has 70 valence electrons. The standard InChI is InChI=1S/C10H8N2O2/c1-14-10(13)8-3-2-7-4-5-11-6-9(7)12-8/h2-6H,1H3. The van der Waals surface area contributed by atoms with Crippen LogP contribution in [0.2, 0.25) is 0 Å². The molecule has 0 spiro atoms. The predicted molar refractivity (Wildman–Crippen MR) is 50.9 cm³/mol. The predicted octanol–water partition coefficient (Wildman–Crippen LogP) is 1.42. The zero-order chi connectivity index (χ0) is 9.97. The molecule has 0 aromatic carbocycles. The second-order valence-corrected chi connectivity index (χ2v) is 2.76. The average Bonchev–Trinajstić information content (AvgIpc) is 2.27. The molecule has 2 aromatic heterocycles. The summed E-state index contributed by atoms with van der Waals surface area (Å²) in [4.78, 5) is 19.2. The molecule has 0 atom stereocenters. The van der Waals surface area contributed by atoms with Gasteiger partial charge in [-0.2, -0.15) is 0 Å². The minimum Gasteiger partial charge on any atom is -0.464 e. The van der Waals surface area contributed by atoms with Crippen molar-refractivity contribution in [1.29, 1.82) is 0 Å². The first-order valence-electron chi connectivity index (χ1n) is 4.10. The molecule has 2 aromatic rings. The molecule has 4 nitrogen and oxygen atoms in total. The van der Waals surface area contributed by atoms with Crippen LogP contribution in [0.25, 0.3) is 10.9 Å². The van der Waals surface area contributed by atoms with Gasteiger partial charge in [0.1, 0.15) is 5.69 Å². The van der Waals surface area contributed by atoms with Gasteiger partial charge in [-0.1, -0.05) is 6.07 Å². The number of carbonyl (C=O) groups is 1. The van der Waals surface area contributed by atoms with Crippen LogP contribution in [0.1, 0.15) is 10.5 Å². The Hall–Kier alpha value is -1.97. The number of carbonyl (C=O) groups excluding carboxylic acids is 1. The van der Waals surface area contributed by atoms with E-state index >= 15 is 0 Å². The van der Waals surface area contributed by atoms with Crippen LogP contribution in [-0.4, -0.2) is 23.0 Å². The van der Waals surface area contributed by atoms with Gasteiger partial charge in [-0.3, -0.25) is 4.98 Å². The number of rotatable bonds is 1. The summed E-state index contributed by atoms with van der Waals surface area (Å²) in [5.74, 6) is -0.434. The maximum atomic E-state index is 11.2. The number of ether oxygens (including phenoxy) is 1. The van der Waals surface area contributed by atoms with Gasteiger partial charge in [0.05, 0.1) is 18.8 Å². The molecule has 0 bridgehead atoms. The highest BCUT2D eigenvalue weighted by molar-refractivity contribution is 5.90. The molecule has 0 aliphatic carbocycles. The van der Waals surface area contributed by atoms with Crippen LogP contribution in [0.3, 0.4) is 0 Å². The van der Waals surface area contributed by atoms with E-state index in [9.17, 15) is 4.79 Å².